The van der Waals surface area contributed by atoms with Gasteiger partial charge in [0.1, 0.15) is 32.9 Å². The number of fused-ring (bicyclic) bond motifs is 1. The molecule has 9 heteroatoms. The number of nitrogen functional groups attached to an aromatic ring is 1. The lowest BCUT2D eigenvalue weighted by Crippen LogP contribution is -2.33. The van der Waals surface area contributed by atoms with Crippen molar-refractivity contribution in [2.45, 2.75) is 24.5 Å². The van der Waals surface area contributed by atoms with Crippen LogP contribution in [-0.4, -0.2) is 59.8 Å². The van der Waals surface area contributed by atoms with Gasteiger partial charge in [0.15, 0.2) is 17.7 Å². The average molecular weight is 269 g/mol. The van der Waals surface area contributed by atoms with Gasteiger partial charge < -0.3 is 25.8 Å². The van der Waals surface area contributed by atoms with Crippen LogP contribution >= 0.6 is 0 Å². The van der Waals surface area contributed by atoms with Gasteiger partial charge in [0.2, 0.25) is 0 Å². The molecule has 3 heterocycles. The first-order valence-electron chi connectivity index (χ1n) is 6.55. The summed E-state index contributed by atoms with van der Waals surface area (Å²) in [5, 5.41) is 28.9. The highest BCUT2D eigenvalue weighted by atomic mass is 16.6. The van der Waals surface area contributed by atoms with E-state index >= 15 is 0 Å². The lowest BCUT2D eigenvalue weighted by molar-refractivity contribution is -0.0511. The maximum absolute atomic E-state index is 10.0. The van der Waals surface area contributed by atoms with Crippen LogP contribution in [0.5, 0.6) is 0 Å². The second kappa shape index (κ2) is 4.38. The van der Waals surface area contributed by atoms with Crippen molar-refractivity contribution >= 4 is 17.0 Å². The van der Waals surface area contributed by atoms with E-state index in [1.165, 1.54) is 0 Å². The van der Waals surface area contributed by atoms with Crippen LogP contribution in [0, 0.1) is 0 Å². The summed E-state index contributed by atoms with van der Waals surface area (Å²) in [6.45, 7) is -0.491. The smallest absolute Gasteiger partial charge is 0.167 e. The van der Waals surface area contributed by atoms with Crippen molar-refractivity contribution in [2.24, 2.45) is 0 Å². The molecule has 1 aliphatic rings. The van der Waals surface area contributed by atoms with Crippen LogP contribution in [0.25, 0.3) is 11.2 Å². The minimum absolute atomic E-state index is 0.0485. The molecule has 4 atom stereocenters. The molecule has 0 spiro atoms. The van der Waals surface area contributed by atoms with Crippen LogP contribution in [0.3, 0.4) is 0 Å². The highest BCUT2D eigenvalue weighted by molar-refractivity contribution is 5.81. The van der Waals surface area contributed by atoms with Gasteiger partial charge in [-0.1, -0.05) is 0 Å². The number of aromatic nitrogens is 4. The number of nitrogens with two attached hydrogens (primary N) is 1. The van der Waals surface area contributed by atoms with E-state index in [0.717, 1.165) is 4.57 Å². The topological polar surface area (TPSA) is 140 Å². The van der Waals surface area contributed by atoms with Crippen molar-refractivity contribution in [1.29, 1.82) is 0 Å². The molecule has 0 aliphatic carbocycles. The maximum atomic E-state index is 10.0. The molecule has 0 radical (unpaired) electrons. The van der Waals surface area contributed by atoms with Crippen LogP contribution in [-0.2, 0) is 4.74 Å². The van der Waals surface area contributed by atoms with Crippen molar-refractivity contribution in [2.75, 3.05) is 12.3 Å². The largest absolute Gasteiger partial charge is 0.394 e. The van der Waals surface area contributed by atoms with Gasteiger partial charge in [-0.25, -0.2) is 15.0 Å². The Bertz CT molecular complexity index is 696. The standard InChI is InChI=1S/C10H13N5O4/c11-8-5-9(13-2-12-8)15(3-14-5)10-7(18)6(17)4(1-16)19-10/h2-4,6-7,10,16-18H,1H2,(H2,11,12,13)/t4-,6?,7?,10-/m1/s1/i2D,3D. The number of anilines is 1. The Hall–Kier alpha value is -1.81. The van der Waals surface area contributed by atoms with E-state index < -0.39 is 31.1 Å². The second-order valence-corrected chi connectivity index (χ2v) is 4.19. The first-order valence-corrected chi connectivity index (χ1v) is 5.55. The number of ether oxygens (including phenoxy) is 1. The Morgan fingerprint density at radius 1 is 1.37 bits per heavy atom. The Balaban J connectivity index is 2.15. The normalized spacial score (nSPS) is 32.6. The Kier molecular flexibility index (Phi) is 2.32. The van der Waals surface area contributed by atoms with Gasteiger partial charge in [-0.05, 0) is 0 Å². The molecular weight excluding hydrogens is 254 g/mol. The van der Waals surface area contributed by atoms with Crippen molar-refractivity contribution in [3.8, 4) is 0 Å². The molecule has 3 rings (SSSR count). The minimum Gasteiger partial charge on any atom is -0.394 e. The summed E-state index contributed by atoms with van der Waals surface area (Å²) >= 11 is 0. The SMILES string of the molecule is [2H]c1nc(N)c2nc([2H])n([C@@H]3O[C@H](CO)C(O)C3O)c2n1. The Labute approximate surface area is 110 Å². The average Bonchev–Trinajstić information content (AvgIpc) is 2.89. The molecule has 0 saturated carbocycles. The van der Waals surface area contributed by atoms with Crippen molar-refractivity contribution in [1.82, 2.24) is 19.5 Å². The monoisotopic (exact) mass is 269 g/mol. The highest BCUT2D eigenvalue weighted by Gasteiger charge is 2.43. The molecule has 19 heavy (non-hydrogen) atoms. The molecule has 5 N–H and O–H groups in total. The Morgan fingerprint density at radius 3 is 2.84 bits per heavy atom. The molecule has 0 amide bonds. The molecule has 1 aliphatic heterocycles. The number of rotatable bonds is 2. The predicted octanol–water partition coefficient (Wildman–Crippen LogP) is -1.98. The van der Waals surface area contributed by atoms with E-state index in [9.17, 15) is 10.2 Å². The van der Waals surface area contributed by atoms with Gasteiger partial charge in [-0.2, -0.15) is 0 Å². The van der Waals surface area contributed by atoms with Crippen molar-refractivity contribution in [3.63, 3.8) is 0 Å². The highest BCUT2D eigenvalue weighted by Crippen LogP contribution is 2.31. The van der Waals surface area contributed by atoms with Crippen molar-refractivity contribution < 1.29 is 22.8 Å². The quantitative estimate of drug-likeness (QED) is 0.491. The first-order chi connectivity index (χ1) is 9.93. The summed E-state index contributed by atoms with van der Waals surface area (Å²) in [7, 11) is 0. The summed E-state index contributed by atoms with van der Waals surface area (Å²) in [6, 6.07) is 0. The lowest BCUT2D eigenvalue weighted by Gasteiger charge is -2.16. The lowest BCUT2D eigenvalue weighted by atomic mass is 10.1. The molecule has 102 valence electrons. The summed E-state index contributed by atoms with van der Waals surface area (Å²) in [5.74, 6) is -0.0657. The van der Waals surface area contributed by atoms with Crippen LogP contribution in [0.4, 0.5) is 5.82 Å². The third-order valence-electron chi connectivity index (χ3n) is 3.05. The number of aliphatic hydroxyl groups is 3. The number of imidazole rings is 1. The van der Waals surface area contributed by atoms with Crippen LogP contribution in [0.1, 0.15) is 8.97 Å². The number of hydrogen-bond donors (Lipinski definition) is 4. The number of nitrogens with zero attached hydrogens (tertiary/aromatic N) is 4. The molecule has 2 unspecified atom stereocenters. The van der Waals surface area contributed by atoms with Gasteiger partial charge in [0, 0.05) is 0 Å². The molecule has 1 fully saturated rings. The summed E-state index contributed by atoms with van der Waals surface area (Å²) < 4.78 is 21.7. The summed E-state index contributed by atoms with van der Waals surface area (Å²) in [5.41, 5.74) is 5.78. The predicted molar refractivity (Wildman–Crippen MR) is 62.7 cm³/mol. The molecule has 1 saturated heterocycles. The van der Waals surface area contributed by atoms with E-state index in [4.69, 9.17) is 18.3 Å². The third kappa shape index (κ3) is 1.75. The summed E-state index contributed by atoms with van der Waals surface area (Å²) in [4.78, 5) is 11.3. The van der Waals surface area contributed by atoms with Gasteiger partial charge >= 0.3 is 0 Å². The van der Waals surface area contributed by atoms with Gasteiger partial charge in [-0.15, -0.1) is 0 Å². The van der Waals surface area contributed by atoms with Crippen LogP contribution in [0.2, 0.25) is 0 Å². The second-order valence-electron chi connectivity index (χ2n) is 4.19. The molecule has 9 nitrogen and oxygen atoms in total. The molecular formula is C10H13N5O4. The van der Waals surface area contributed by atoms with E-state index in [1.54, 1.807) is 0 Å². The molecule has 2 aromatic rings. The van der Waals surface area contributed by atoms with Crippen LogP contribution in [0.15, 0.2) is 12.6 Å². The molecule has 0 bridgehead atoms. The fourth-order valence-corrected chi connectivity index (χ4v) is 2.04. The fraction of sp³-hybridized carbons (Fsp3) is 0.500. The molecule has 2 aromatic heterocycles. The first kappa shape index (κ1) is 10.0. The van der Waals surface area contributed by atoms with Gasteiger partial charge in [0.05, 0.1) is 12.9 Å². The molecule has 0 aromatic carbocycles. The number of hydrogen-bond acceptors (Lipinski definition) is 8. The fourth-order valence-electron chi connectivity index (χ4n) is 2.04. The van der Waals surface area contributed by atoms with E-state index in [1.807, 2.05) is 0 Å². The minimum atomic E-state index is -1.38. The maximum Gasteiger partial charge on any atom is 0.167 e. The Morgan fingerprint density at radius 2 is 2.16 bits per heavy atom. The van der Waals surface area contributed by atoms with Gasteiger partial charge in [0.25, 0.3) is 0 Å². The van der Waals surface area contributed by atoms with E-state index in [0.29, 0.717) is 0 Å². The number of aliphatic hydroxyl groups excluding tert-OH is 3. The van der Waals surface area contributed by atoms with Crippen LogP contribution < -0.4 is 5.73 Å². The summed E-state index contributed by atoms with van der Waals surface area (Å²) in [6.07, 6.45) is -5.53. The van der Waals surface area contributed by atoms with E-state index in [-0.39, 0.29) is 29.6 Å². The van der Waals surface area contributed by atoms with Gasteiger partial charge in [-0.3, -0.25) is 4.57 Å². The van der Waals surface area contributed by atoms with Crippen molar-refractivity contribution in [3.05, 3.63) is 12.6 Å². The zero-order valence-electron chi connectivity index (χ0n) is 11.6. The zero-order valence-corrected chi connectivity index (χ0v) is 9.63. The van der Waals surface area contributed by atoms with E-state index in [2.05, 4.69) is 15.0 Å². The zero-order chi connectivity index (χ0) is 15.3. The third-order valence-corrected chi connectivity index (χ3v) is 3.05.